The van der Waals surface area contributed by atoms with E-state index in [4.69, 9.17) is 0 Å². The van der Waals surface area contributed by atoms with Crippen molar-refractivity contribution < 1.29 is 9.59 Å². The number of nitrogens with zero attached hydrogens (tertiary/aromatic N) is 2. The molecule has 0 N–H and O–H groups in total. The minimum absolute atomic E-state index is 0.0656. The van der Waals surface area contributed by atoms with Gasteiger partial charge in [0.25, 0.3) is 5.91 Å². The van der Waals surface area contributed by atoms with Crippen molar-refractivity contribution in [1.29, 1.82) is 0 Å². The molecule has 0 aromatic heterocycles. The van der Waals surface area contributed by atoms with Gasteiger partial charge in [-0.1, -0.05) is 13.8 Å². The Bertz CT molecular complexity index is 542. The Balaban J connectivity index is 1.96. The summed E-state index contributed by atoms with van der Waals surface area (Å²) in [5, 5.41) is 0. The number of carbonyl (C=O) groups excluding carboxylic acids is 2. The minimum Gasteiger partial charge on any atom is -0.341 e. The van der Waals surface area contributed by atoms with Gasteiger partial charge >= 0.3 is 0 Å². The second kappa shape index (κ2) is 8.39. The third-order valence-electron chi connectivity index (χ3n) is 4.06. The fraction of sp³-hybridized carbons (Fsp3) is 0.556. The quantitative estimate of drug-likeness (QED) is 0.794. The van der Waals surface area contributed by atoms with E-state index in [0.29, 0.717) is 32.0 Å². The van der Waals surface area contributed by atoms with Crippen LogP contribution in [0.25, 0.3) is 0 Å². The number of hydrogen-bond donors (Lipinski definition) is 0. The maximum absolute atomic E-state index is 12.6. The lowest BCUT2D eigenvalue weighted by Gasteiger charge is -2.23. The van der Waals surface area contributed by atoms with Gasteiger partial charge < -0.3 is 9.80 Å². The van der Waals surface area contributed by atoms with Gasteiger partial charge in [-0.15, -0.1) is 11.8 Å². The first kappa shape index (κ1) is 17.9. The van der Waals surface area contributed by atoms with Crippen LogP contribution < -0.4 is 0 Å². The topological polar surface area (TPSA) is 40.6 Å². The molecule has 4 nitrogen and oxygen atoms in total. The molecule has 0 aliphatic carbocycles. The monoisotopic (exact) mass is 334 g/mol. The molecule has 1 saturated heterocycles. The van der Waals surface area contributed by atoms with Crippen LogP contribution in [0.5, 0.6) is 0 Å². The molecule has 1 aliphatic heterocycles. The van der Waals surface area contributed by atoms with E-state index >= 15 is 0 Å². The Morgan fingerprint density at radius 3 is 2.26 bits per heavy atom. The minimum atomic E-state index is 0.0656. The smallest absolute Gasteiger partial charge is 0.253 e. The Morgan fingerprint density at radius 2 is 1.65 bits per heavy atom. The van der Waals surface area contributed by atoms with Gasteiger partial charge in [0.2, 0.25) is 5.91 Å². The lowest BCUT2D eigenvalue weighted by molar-refractivity contribution is -0.131. The van der Waals surface area contributed by atoms with Gasteiger partial charge in [-0.3, -0.25) is 9.59 Å². The van der Waals surface area contributed by atoms with E-state index in [1.54, 1.807) is 11.8 Å². The third-order valence-corrected chi connectivity index (χ3v) is 4.80. The average molecular weight is 334 g/mol. The van der Waals surface area contributed by atoms with Crippen LogP contribution in [-0.4, -0.2) is 54.0 Å². The molecule has 0 spiro atoms. The summed E-state index contributed by atoms with van der Waals surface area (Å²) in [7, 11) is 0. The van der Waals surface area contributed by atoms with Crippen LogP contribution in [0.1, 0.15) is 37.0 Å². The molecular formula is C18H26N2O2S. The summed E-state index contributed by atoms with van der Waals surface area (Å²) in [6, 6.07) is 7.74. The third kappa shape index (κ3) is 4.99. The lowest BCUT2D eigenvalue weighted by atomic mass is 10.1. The molecule has 0 radical (unpaired) electrons. The highest BCUT2D eigenvalue weighted by Crippen LogP contribution is 2.17. The molecule has 0 saturated carbocycles. The maximum atomic E-state index is 12.6. The number of hydrogen-bond acceptors (Lipinski definition) is 3. The Hall–Kier alpha value is -1.49. The fourth-order valence-electron chi connectivity index (χ4n) is 2.76. The first-order chi connectivity index (χ1) is 11.0. The number of rotatable bonds is 4. The highest BCUT2D eigenvalue weighted by molar-refractivity contribution is 7.98. The summed E-state index contributed by atoms with van der Waals surface area (Å²) in [4.78, 5) is 29.8. The highest BCUT2D eigenvalue weighted by Gasteiger charge is 2.23. The molecule has 23 heavy (non-hydrogen) atoms. The van der Waals surface area contributed by atoms with Crippen molar-refractivity contribution in [3.63, 3.8) is 0 Å². The average Bonchev–Trinajstić information content (AvgIpc) is 2.80. The fourth-order valence-corrected chi connectivity index (χ4v) is 3.17. The molecule has 1 aromatic rings. The van der Waals surface area contributed by atoms with Crippen LogP contribution in [0.4, 0.5) is 0 Å². The van der Waals surface area contributed by atoms with Crippen molar-refractivity contribution in [2.75, 3.05) is 32.4 Å². The summed E-state index contributed by atoms with van der Waals surface area (Å²) < 4.78 is 0. The van der Waals surface area contributed by atoms with Gasteiger partial charge in [0.05, 0.1) is 0 Å². The van der Waals surface area contributed by atoms with E-state index in [0.717, 1.165) is 23.4 Å². The second-order valence-corrected chi connectivity index (χ2v) is 7.23. The maximum Gasteiger partial charge on any atom is 0.253 e. The molecule has 126 valence electrons. The van der Waals surface area contributed by atoms with Crippen LogP contribution in [0.15, 0.2) is 29.2 Å². The molecule has 2 amide bonds. The molecule has 2 rings (SSSR count). The molecule has 1 heterocycles. The van der Waals surface area contributed by atoms with Crippen molar-refractivity contribution in [2.45, 2.75) is 31.6 Å². The molecule has 1 aliphatic rings. The van der Waals surface area contributed by atoms with Gasteiger partial charge in [-0.05, 0) is 42.9 Å². The van der Waals surface area contributed by atoms with Gasteiger partial charge in [0.1, 0.15) is 0 Å². The van der Waals surface area contributed by atoms with E-state index in [1.165, 1.54) is 0 Å². The van der Waals surface area contributed by atoms with Crippen molar-refractivity contribution in [3.8, 4) is 0 Å². The van der Waals surface area contributed by atoms with Gasteiger partial charge in [-0.2, -0.15) is 0 Å². The molecule has 0 atom stereocenters. The van der Waals surface area contributed by atoms with Crippen LogP contribution in [0, 0.1) is 5.92 Å². The number of thioether (sulfide) groups is 1. The van der Waals surface area contributed by atoms with Crippen molar-refractivity contribution in [2.24, 2.45) is 5.92 Å². The lowest BCUT2D eigenvalue weighted by Crippen LogP contribution is -2.37. The number of amides is 2. The van der Waals surface area contributed by atoms with Gasteiger partial charge in [0.15, 0.2) is 0 Å². The Morgan fingerprint density at radius 1 is 1.04 bits per heavy atom. The first-order valence-electron chi connectivity index (χ1n) is 8.22. The zero-order chi connectivity index (χ0) is 16.8. The zero-order valence-corrected chi connectivity index (χ0v) is 15.1. The van der Waals surface area contributed by atoms with E-state index in [9.17, 15) is 9.59 Å². The molecule has 1 aromatic carbocycles. The van der Waals surface area contributed by atoms with Crippen LogP contribution in [0.2, 0.25) is 0 Å². The molecular weight excluding hydrogens is 308 g/mol. The van der Waals surface area contributed by atoms with Crippen molar-refractivity contribution in [3.05, 3.63) is 29.8 Å². The predicted molar refractivity (Wildman–Crippen MR) is 94.8 cm³/mol. The van der Waals surface area contributed by atoms with E-state index in [1.807, 2.05) is 40.3 Å². The molecule has 0 unspecified atom stereocenters. The highest BCUT2D eigenvalue weighted by atomic mass is 32.2. The molecule has 5 heteroatoms. The largest absolute Gasteiger partial charge is 0.341 e. The first-order valence-corrected chi connectivity index (χ1v) is 9.45. The van der Waals surface area contributed by atoms with E-state index < -0.39 is 0 Å². The normalized spacial score (nSPS) is 15.7. The van der Waals surface area contributed by atoms with E-state index in [-0.39, 0.29) is 11.8 Å². The van der Waals surface area contributed by atoms with Gasteiger partial charge in [-0.25, -0.2) is 0 Å². The van der Waals surface area contributed by atoms with Gasteiger partial charge in [0, 0.05) is 43.1 Å². The summed E-state index contributed by atoms with van der Waals surface area (Å²) in [5.74, 6) is 0.646. The number of benzene rings is 1. The summed E-state index contributed by atoms with van der Waals surface area (Å²) in [6.07, 6.45) is 3.46. The summed E-state index contributed by atoms with van der Waals surface area (Å²) >= 11 is 1.67. The Kier molecular flexibility index (Phi) is 6.51. The van der Waals surface area contributed by atoms with Crippen LogP contribution >= 0.6 is 11.8 Å². The van der Waals surface area contributed by atoms with Crippen molar-refractivity contribution in [1.82, 2.24) is 9.80 Å². The Labute approximate surface area is 143 Å². The zero-order valence-electron chi connectivity index (χ0n) is 14.2. The standard InChI is InChI=1S/C18H26N2O2S/c1-14(2)13-17(21)19-9-4-10-20(12-11-19)18(22)15-5-7-16(23-3)8-6-15/h5-8,14H,4,9-13H2,1-3H3. The van der Waals surface area contributed by atoms with Crippen molar-refractivity contribution >= 4 is 23.6 Å². The SMILES string of the molecule is CSc1ccc(C(=O)N2CCCN(C(=O)CC(C)C)CC2)cc1. The van der Waals surface area contributed by atoms with E-state index in [2.05, 4.69) is 13.8 Å². The van der Waals surface area contributed by atoms with Crippen LogP contribution in [0.3, 0.4) is 0 Å². The van der Waals surface area contributed by atoms with Crippen LogP contribution in [-0.2, 0) is 4.79 Å². The second-order valence-electron chi connectivity index (χ2n) is 6.35. The predicted octanol–water partition coefficient (Wildman–Crippen LogP) is 3.13. The summed E-state index contributed by atoms with van der Waals surface area (Å²) in [5.41, 5.74) is 0.727. The number of carbonyl (C=O) groups is 2. The summed E-state index contributed by atoms with van der Waals surface area (Å²) in [6.45, 7) is 6.84. The molecule has 1 fully saturated rings. The molecule has 0 bridgehead atoms.